The molecule has 28 heavy (non-hydrogen) atoms. The van der Waals surface area contributed by atoms with Gasteiger partial charge in [-0.25, -0.2) is 0 Å². The van der Waals surface area contributed by atoms with E-state index in [0.717, 1.165) is 23.4 Å². The van der Waals surface area contributed by atoms with Gasteiger partial charge in [-0.05, 0) is 11.6 Å². The minimum atomic E-state index is -0.535. The summed E-state index contributed by atoms with van der Waals surface area (Å²) in [4.78, 5) is 0. The molecule has 0 aliphatic rings. The molecular formula is C24H28ClNO2. The molecule has 0 amide bonds. The van der Waals surface area contributed by atoms with E-state index >= 15 is 0 Å². The fourth-order valence-electron chi connectivity index (χ4n) is 3.40. The number of hydrogen-bond acceptors (Lipinski definition) is 2. The number of hydrogen-bond donors (Lipinski definition) is 1. The number of aliphatic hydroxyl groups is 1. The molecule has 0 radical (unpaired) electrons. The lowest BCUT2D eigenvalue weighted by Gasteiger charge is -2.32. The maximum atomic E-state index is 10.5. The molecule has 0 aromatic heterocycles. The lowest BCUT2D eigenvalue weighted by atomic mass is 10.1. The van der Waals surface area contributed by atoms with Crippen LogP contribution in [0.15, 0.2) is 84.9 Å². The normalized spacial score (nSPS) is 12.1. The molecule has 3 rings (SSSR count). The number of ether oxygens (including phenoxy) is 1. The highest BCUT2D eigenvalue weighted by Crippen LogP contribution is 2.29. The van der Waals surface area contributed by atoms with Crippen molar-refractivity contribution in [2.75, 3.05) is 27.2 Å². The third kappa shape index (κ3) is 6.38. The van der Waals surface area contributed by atoms with Gasteiger partial charge < -0.3 is 26.7 Å². The van der Waals surface area contributed by atoms with Crippen molar-refractivity contribution in [2.24, 2.45) is 0 Å². The van der Waals surface area contributed by atoms with Crippen LogP contribution in [0.3, 0.4) is 0 Å². The average Bonchev–Trinajstić information content (AvgIpc) is 2.67. The third-order valence-electron chi connectivity index (χ3n) is 4.56. The van der Waals surface area contributed by atoms with Gasteiger partial charge >= 0.3 is 0 Å². The van der Waals surface area contributed by atoms with Crippen LogP contribution in [-0.4, -0.2) is 42.9 Å². The number of likely N-dealkylation sites (N-methyl/N-ethyl adjacent to an activating group) is 1. The number of halogens is 1. The van der Waals surface area contributed by atoms with Crippen LogP contribution in [0.1, 0.15) is 5.56 Å². The van der Waals surface area contributed by atoms with Gasteiger partial charge in [0.1, 0.15) is 31.5 Å². The molecule has 0 bridgehead atoms. The third-order valence-corrected chi connectivity index (χ3v) is 4.56. The topological polar surface area (TPSA) is 29.5 Å². The smallest absolute Gasteiger partial charge is 0.137 e. The van der Waals surface area contributed by atoms with Crippen LogP contribution >= 0.6 is 0 Å². The molecule has 1 N–H and O–H groups in total. The Kier molecular flexibility index (Phi) is 8.06. The molecule has 0 fully saturated rings. The van der Waals surface area contributed by atoms with E-state index < -0.39 is 6.10 Å². The lowest BCUT2D eigenvalue weighted by Crippen LogP contribution is -3.00. The predicted molar refractivity (Wildman–Crippen MR) is 111 cm³/mol. The molecule has 0 saturated heterocycles. The highest BCUT2D eigenvalue weighted by atomic mass is 35.5. The molecule has 0 heterocycles. The predicted octanol–water partition coefficient (Wildman–Crippen LogP) is 1.37. The zero-order valence-electron chi connectivity index (χ0n) is 16.5. The van der Waals surface area contributed by atoms with Crippen molar-refractivity contribution >= 4 is 0 Å². The Hall–Kier alpha value is -2.33. The minimum Gasteiger partial charge on any atom is -1.00 e. The number of nitrogens with zero attached hydrogens (tertiary/aromatic N) is 1. The second-order valence-corrected chi connectivity index (χ2v) is 7.59. The van der Waals surface area contributed by atoms with Crippen molar-refractivity contribution in [1.29, 1.82) is 0 Å². The van der Waals surface area contributed by atoms with Crippen molar-refractivity contribution in [3.8, 4) is 16.9 Å². The van der Waals surface area contributed by atoms with Crippen molar-refractivity contribution in [1.82, 2.24) is 0 Å². The Morgan fingerprint density at radius 1 is 0.821 bits per heavy atom. The Morgan fingerprint density at radius 2 is 1.39 bits per heavy atom. The number of rotatable bonds is 8. The zero-order chi connectivity index (χ0) is 19.1. The van der Waals surface area contributed by atoms with E-state index in [9.17, 15) is 5.11 Å². The molecule has 4 heteroatoms. The summed E-state index contributed by atoms with van der Waals surface area (Å²) in [6.07, 6.45) is -0.535. The van der Waals surface area contributed by atoms with Crippen LogP contribution in [0.2, 0.25) is 0 Å². The van der Waals surface area contributed by atoms with Crippen LogP contribution in [0, 0.1) is 0 Å². The van der Waals surface area contributed by atoms with E-state index in [1.807, 2.05) is 48.5 Å². The first-order valence-electron chi connectivity index (χ1n) is 9.35. The van der Waals surface area contributed by atoms with E-state index in [4.69, 9.17) is 4.74 Å². The van der Waals surface area contributed by atoms with Gasteiger partial charge in [0, 0.05) is 11.1 Å². The minimum absolute atomic E-state index is 0. The van der Waals surface area contributed by atoms with Gasteiger partial charge in [0.15, 0.2) is 0 Å². The zero-order valence-corrected chi connectivity index (χ0v) is 17.2. The molecule has 3 aromatic rings. The number of aliphatic hydroxyl groups excluding tert-OH is 1. The van der Waals surface area contributed by atoms with Gasteiger partial charge in [-0.1, -0.05) is 78.9 Å². The summed E-state index contributed by atoms with van der Waals surface area (Å²) in [5, 5.41) is 10.5. The Balaban J connectivity index is 0.00000280. The molecule has 1 atom stereocenters. The van der Waals surface area contributed by atoms with Crippen LogP contribution in [-0.2, 0) is 6.54 Å². The first kappa shape index (κ1) is 22.0. The highest BCUT2D eigenvalue weighted by Gasteiger charge is 2.22. The monoisotopic (exact) mass is 397 g/mol. The van der Waals surface area contributed by atoms with E-state index in [2.05, 4.69) is 50.5 Å². The maximum Gasteiger partial charge on any atom is 0.137 e. The van der Waals surface area contributed by atoms with Gasteiger partial charge in [-0.15, -0.1) is 0 Å². The van der Waals surface area contributed by atoms with Gasteiger partial charge in [-0.2, -0.15) is 0 Å². The Morgan fingerprint density at radius 3 is 2.07 bits per heavy atom. The molecule has 1 unspecified atom stereocenters. The van der Waals surface area contributed by atoms with Gasteiger partial charge in [-0.3, -0.25) is 0 Å². The molecule has 148 valence electrons. The summed E-state index contributed by atoms with van der Waals surface area (Å²) in [5.74, 6) is 0.802. The summed E-state index contributed by atoms with van der Waals surface area (Å²) < 4.78 is 6.69. The summed E-state index contributed by atoms with van der Waals surface area (Å²) >= 11 is 0. The van der Waals surface area contributed by atoms with E-state index in [1.54, 1.807) is 0 Å². The largest absolute Gasteiger partial charge is 1.00 e. The molecule has 0 spiro atoms. The molecular weight excluding hydrogens is 370 g/mol. The van der Waals surface area contributed by atoms with E-state index in [1.165, 1.54) is 5.56 Å². The molecule has 0 aliphatic carbocycles. The fourth-order valence-corrected chi connectivity index (χ4v) is 3.40. The first-order valence-corrected chi connectivity index (χ1v) is 9.35. The van der Waals surface area contributed by atoms with Crippen molar-refractivity contribution in [3.05, 3.63) is 90.5 Å². The molecule has 0 saturated carbocycles. The maximum absolute atomic E-state index is 10.5. The van der Waals surface area contributed by atoms with Crippen molar-refractivity contribution in [3.63, 3.8) is 0 Å². The first-order chi connectivity index (χ1) is 13.0. The standard InChI is InChI=1S/C24H28NO2.ClH/c1-25(2,17-20-11-5-3-6-12-20)18-22(26)19-27-24-16-10-9-15-23(24)21-13-7-4-8-14-21;/h3-16,22,26H,17-19H2,1-2H3;1H/q+1;/p-1. The van der Waals surface area contributed by atoms with Crippen LogP contribution in [0.4, 0.5) is 0 Å². The second-order valence-electron chi connectivity index (χ2n) is 7.59. The molecule has 3 aromatic carbocycles. The number of para-hydroxylation sites is 1. The average molecular weight is 398 g/mol. The van der Waals surface area contributed by atoms with Gasteiger partial charge in [0.25, 0.3) is 0 Å². The van der Waals surface area contributed by atoms with Crippen molar-refractivity contribution in [2.45, 2.75) is 12.6 Å². The number of quaternary nitrogens is 1. The second kappa shape index (κ2) is 10.3. The lowest BCUT2D eigenvalue weighted by molar-refractivity contribution is -0.906. The highest BCUT2D eigenvalue weighted by molar-refractivity contribution is 5.70. The van der Waals surface area contributed by atoms with Crippen LogP contribution in [0.5, 0.6) is 5.75 Å². The summed E-state index contributed by atoms with van der Waals surface area (Å²) in [6, 6.07) is 28.5. The summed E-state index contributed by atoms with van der Waals surface area (Å²) in [5.41, 5.74) is 3.43. The van der Waals surface area contributed by atoms with Crippen LogP contribution in [0.25, 0.3) is 11.1 Å². The van der Waals surface area contributed by atoms with Gasteiger partial charge in [0.2, 0.25) is 0 Å². The number of benzene rings is 3. The Bertz CT molecular complexity index is 837. The summed E-state index contributed by atoms with van der Waals surface area (Å²) in [7, 11) is 4.27. The molecule has 3 nitrogen and oxygen atoms in total. The van der Waals surface area contributed by atoms with Crippen molar-refractivity contribution < 1.29 is 26.7 Å². The SMILES string of the molecule is C[N+](C)(Cc1ccccc1)CC(O)COc1ccccc1-c1ccccc1.[Cl-]. The Labute approximate surface area is 174 Å². The van der Waals surface area contributed by atoms with E-state index in [-0.39, 0.29) is 19.0 Å². The molecule has 0 aliphatic heterocycles. The van der Waals surface area contributed by atoms with E-state index in [0.29, 0.717) is 11.0 Å². The van der Waals surface area contributed by atoms with Gasteiger partial charge in [0.05, 0.1) is 14.1 Å². The summed E-state index contributed by atoms with van der Waals surface area (Å²) in [6.45, 7) is 1.78. The quantitative estimate of drug-likeness (QED) is 0.582. The fraction of sp³-hybridized carbons (Fsp3) is 0.250. The van der Waals surface area contributed by atoms with Crippen LogP contribution < -0.4 is 17.1 Å².